The fraction of sp³-hybridized carbons (Fsp3) is 0.400. The van der Waals surface area contributed by atoms with Crippen LogP contribution in [-0.2, 0) is 24.1 Å². The van der Waals surface area contributed by atoms with Crippen molar-refractivity contribution in [3.05, 3.63) is 53.1 Å². The molecule has 3 nitrogen and oxygen atoms in total. The van der Waals surface area contributed by atoms with Crippen LogP contribution in [0.3, 0.4) is 0 Å². The Hall–Kier alpha value is -1.82. The van der Waals surface area contributed by atoms with Crippen molar-refractivity contribution in [1.82, 2.24) is 9.97 Å². The molecule has 0 aliphatic carbocycles. The van der Waals surface area contributed by atoms with Crippen LogP contribution in [0.25, 0.3) is 0 Å². The largest absolute Gasteiger partial charge is 0.435 e. The molecule has 21 heavy (non-hydrogen) atoms. The van der Waals surface area contributed by atoms with Crippen molar-refractivity contribution >= 4 is 0 Å². The molecule has 1 N–H and O–H groups in total. The van der Waals surface area contributed by atoms with E-state index in [-0.39, 0.29) is 18.1 Å². The molecule has 6 heteroatoms. The van der Waals surface area contributed by atoms with Crippen LogP contribution >= 0.6 is 0 Å². The summed E-state index contributed by atoms with van der Waals surface area (Å²) in [4.78, 5) is 6.09. The van der Waals surface area contributed by atoms with Gasteiger partial charge in [-0.3, -0.25) is 0 Å². The van der Waals surface area contributed by atoms with Crippen LogP contribution in [0.2, 0.25) is 0 Å². The fourth-order valence-corrected chi connectivity index (χ4v) is 1.71. The first kappa shape index (κ1) is 17.2. The van der Waals surface area contributed by atoms with Gasteiger partial charge in [0.05, 0.1) is 6.61 Å². The Kier molecular flexibility index (Phi) is 6.42. The molecule has 116 valence electrons. The van der Waals surface area contributed by atoms with Crippen molar-refractivity contribution in [3.63, 3.8) is 0 Å². The van der Waals surface area contributed by atoms with E-state index in [2.05, 4.69) is 9.97 Å². The second-order valence-corrected chi connectivity index (χ2v) is 4.13. The van der Waals surface area contributed by atoms with Gasteiger partial charge in [0.15, 0.2) is 5.69 Å². The van der Waals surface area contributed by atoms with Gasteiger partial charge in [-0.15, -0.1) is 0 Å². The maximum atomic E-state index is 12.5. The van der Waals surface area contributed by atoms with Crippen LogP contribution in [-0.4, -0.2) is 9.97 Å². The lowest BCUT2D eigenvalue weighted by atomic mass is 10.2. The molecular weight excluding hydrogens is 281 g/mol. The van der Waals surface area contributed by atoms with E-state index in [1.165, 1.54) is 6.92 Å². The molecule has 0 unspecified atom stereocenters. The van der Waals surface area contributed by atoms with Gasteiger partial charge in [0.1, 0.15) is 12.4 Å². The number of ether oxygens (including phenoxy) is 1. The SMILES string of the molecule is CC.Cc1[nH]c(COCc2ccccc2)nc1C(F)(F)F. The summed E-state index contributed by atoms with van der Waals surface area (Å²) >= 11 is 0. The summed E-state index contributed by atoms with van der Waals surface area (Å²) in [6, 6.07) is 9.40. The van der Waals surface area contributed by atoms with E-state index < -0.39 is 11.9 Å². The maximum Gasteiger partial charge on any atom is 0.435 e. The highest BCUT2D eigenvalue weighted by molar-refractivity contribution is 5.16. The van der Waals surface area contributed by atoms with E-state index in [0.717, 1.165) is 5.56 Å². The van der Waals surface area contributed by atoms with Crippen molar-refractivity contribution in [2.75, 3.05) is 0 Å². The van der Waals surface area contributed by atoms with E-state index in [1.54, 1.807) is 0 Å². The molecule has 2 aromatic rings. The second-order valence-electron chi connectivity index (χ2n) is 4.13. The molecule has 0 saturated heterocycles. The van der Waals surface area contributed by atoms with Gasteiger partial charge in [-0.2, -0.15) is 13.2 Å². The van der Waals surface area contributed by atoms with Gasteiger partial charge in [0.25, 0.3) is 0 Å². The van der Waals surface area contributed by atoms with Crippen LogP contribution in [0.1, 0.15) is 36.6 Å². The summed E-state index contributed by atoms with van der Waals surface area (Å²) < 4.78 is 42.9. The van der Waals surface area contributed by atoms with Gasteiger partial charge in [-0.25, -0.2) is 4.98 Å². The first-order valence-electron chi connectivity index (χ1n) is 6.71. The van der Waals surface area contributed by atoms with Gasteiger partial charge < -0.3 is 9.72 Å². The molecule has 0 aliphatic rings. The Balaban J connectivity index is 0.00000106. The Labute approximate surface area is 122 Å². The van der Waals surface area contributed by atoms with E-state index in [1.807, 2.05) is 44.2 Å². The number of hydrogen-bond acceptors (Lipinski definition) is 2. The van der Waals surface area contributed by atoms with Gasteiger partial charge in [0.2, 0.25) is 0 Å². The average molecular weight is 300 g/mol. The number of nitrogens with zero attached hydrogens (tertiary/aromatic N) is 1. The number of benzene rings is 1. The Morgan fingerprint density at radius 2 is 1.71 bits per heavy atom. The number of aryl methyl sites for hydroxylation is 1. The minimum atomic E-state index is -4.43. The van der Waals surface area contributed by atoms with Gasteiger partial charge in [-0.05, 0) is 12.5 Å². The summed E-state index contributed by atoms with van der Waals surface area (Å²) in [5, 5.41) is 0. The molecular formula is C15H19F3N2O. The Morgan fingerprint density at radius 3 is 2.24 bits per heavy atom. The van der Waals surface area contributed by atoms with Crippen molar-refractivity contribution < 1.29 is 17.9 Å². The van der Waals surface area contributed by atoms with Crippen LogP contribution in [0.4, 0.5) is 13.2 Å². The molecule has 0 bridgehead atoms. The van der Waals surface area contributed by atoms with E-state index in [0.29, 0.717) is 6.61 Å². The summed E-state index contributed by atoms with van der Waals surface area (Å²) in [7, 11) is 0. The summed E-state index contributed by atoms with van der Waals surface area (Å²) in [6.45, 7) is 5.70. The van der Waals surface area contributed by atoms with Crippen molar-refractivity contribution in [2.24, 2.45) is 0 Å². The summed E-state index contributed by atoms with van der Waals surface area (Å²) in [5.74, 6) is 0.181. The van der Waals surface area contributed by atoms with Crippen molar-refractivity contribution in [3.8, 4) is 0 Å². The molecule has 1 heterocycles. The second kappa shape index (κ2) is 7.83. The Morgan fingerprint density at radius 1 is 1.10 bits per heavy atom. The number of alkyl halides is 3. The molecule has 1 aromatic heterocycles. The molecule has 0 spiro atoms. The fourth-order valence-electron chi connectivity index (χ4n) is 1.71. The third kappa shape index (κ3) is 5.23. The normalized spacial score (nSPS) is 11.0. The minimum Gasteiger partial charge on any atom is -0.369 e. The summed E-state index contributed by atoms with van der Waals surface area (Å²) in [5.41, 5.74) is 0.0819. The lowest BCUT2D eigenvalue weighted by Gasteiger charge is -2.02. The van der Waals surface area contributed by atoms with E-state index in [4.69, 9.17) is 4.74 Å². The molecule has 0 atom stereocenters. The first-order chi connectivity index (χ1) is 9.97. The number of halogens is 3. The predicted molar refractivity (Wildman–Crippen MR) is 74.6 cm³/mol. The number of imidazole rings is 1. The van der Waals surface area contributed by atoms with Crippen molar-refractivity contribution in [1.29, 1.82) is 0 Å². The number of hydrogen-bond donors (Lipinski definition) is 1. The molecule has 0 fully saturated rings. The number of H-pyrrole nitrogens is 1. The number of nitrogens with one attached hydrogen (secondary N) is 1. The molecule has 0 aliphatic heterocycles. The van der Waals surface area contributed by atoms with Gasteiger partial charge in [0, 0.05) is 5.69 Å². The molecule has 0 radical (unpaired) electrons. The van der Waals surface area contributed by atoms with Crippen LogP contribution < -0.4 is 0 Å². The monoisotopic (exact) mass is 300 g/mol. The van der Waals surface area contributed by atoms with Crippen molar-refractivity contribution in [2.45, 2.75) is 40.2 Å². The number of aromatic nitrogens is 2. The zero-order valence-electron chi connectivity index (χ0n) is 12.3. The highest BCUT2D eigenvalue weighted by Gasteiger charge is 2.35. The molecule has 0 saturated carbocycles. The third-order valence-electron chi connectivity index (χ3n) is 2.55. The van der Waals surface area contributed by atoms with Gasteiger partial charge >= 0.3 is 6.18 Å². The average Bonchev–Trinajstić information content (AvgIpc) is 2.83. The van der Waals surface area contributed by atoms with E-state index >= 15 is 0 Å². The highest BCUT2D eigenvalue weighted by Crippen LogP contribution is 2.30. The smallest absolute Gasteiger partial charge is 0.369 e. The minimum absolute atomic E-state index is 0.00538. The molecule has 0 amide bonds. The topological polar surface area (TPSA) is 37.9 Å². The predicted octanol–water partition coefficient (Wildman–Crippen LogP) is 4.48. The lowest BCUT2D eigenvalue weighted by molar-refractivity contribution is -0.141. The Bertz CT molecular complexity index is 536. The first-order valence-corrected chi connectivity index (χ1v) is 6.71. The number of rotatable bonds is 4. The van der Waals surface area contributed by atoms with Crippen LogP contribution in [0.5, 0.6) is 0 Å². The highest BCUT2D eigenvalue weighted by atomic mass is 19.4. The third-order valence-corrected chi connectivity index (χ3v) is 2.55. The molecule has 2 rings (SSSR count). The zero-order chi connectivity index (χ0) is 15.9. The zero-order valence-corrected chi connectivity index (χ0v) is 12.3. The van der Waals surface area contributed by atoms with Crippen LogP contribution in [0.15, 0.2) is 30.3 Å². The number of aromatic amines is 1. The maximum absolute atomic E-state index is 12.5. The quantitative estimate of drug-likeness (QED) is 0.904. The van der Waals surface area contributed by atoms with E-state index in [9.17, 15) is 13.2 Å². The lowest BCUT2D eigenvalue weighted by Crippen LogP contribution is -2.07. The standard InChI is InChI=1S/C13H13F3N2O.C2H6/c1-9-12(13(14,15)16)18-11(17-9)8-19-7-10-5-3-2-4-6-10;1-2/h2-6H,7-8H2,1H3,(H,17,18);1-2H3. The van der Waals surface area contributed by atoms with Gasteiger partial charge in [-0.1, -0.05) is 44.2 Å². The summed E-state index contributed by atoms with van der Waals surface area (Å²) in [6.07, 6.45) is -4.43. The molecule has 1 aromatic carbocycles. The van der Waals surface area contributed by atoms with Crippen LogP contribution in [0, 0.1) is 6.92 Å².